The van der Waals surface area contributed by atoms with E-state index in [1.54, 1.807) is 23.1 Å². The molecule has 1 aromatic heterocycles. The summed E-state index contributed by atoms with van der Waals surface area (Å²) in [7, 11) is 1.51. The standard InChI is InChI=1S/C24H28ClN5O5/c1-14(2)34-24(31)30-10-16-6-7-33-12-17(11-30)20(16)35-23-21(32-3)22(27-13-28-23)29-19-5-4-15(9-26)8-18(19)25/h4-5,8,13-14,16-17,20H,6-7,10-12H2,1-3H3,(H,27,28,29). The quantitative estimate of drug-likeness (QED) is 0.625. The van der Waals surface area contributed by atoms with Crippen molar-refractivity contribution < 1.29 is 23.7 Å². The SMILES string of the molecule is COc1c(Nc2ccc(C#N)cc2Cl)ncnc1OC1C2CCOCC1CN(C(=O)OC(C)C)C2. The van der Waals surface area contributed by atoms with Gasteiger partial charge in [-0.2, -0.15) is 10.2 Å². The Bertz CT molecular complexity index is 1090. The number of amides is 1. The molecule has 2 aliphatic rings. The lowest BCUT2D eigenvalue weighted by Crippen LogP contribution is -2.54. The van der Waals surface area contributed by atoms with Gasteiger partial charge in [-0.15, -0.1) is 0 Å². The number of ether oxygens (including phenoxy) is 4. The first-order valence-electron chi connectivity index (χ1n) is 11.4. The van der Waals surface area contributed by atoms with Gasteiger partial charge >= 0.3 is 6.09 Å². The molecule has 1 amide bonds. The third kappa shape index (κ3) is 5.69. The maximum atomic E-state index is 12.5. The second-order valence-corrected chi connectivity index (χ2v) is 9.20. The summed E-state index contributed by atoms with van der Waals surface area (Å²) < 4.78 is 23.2. The van der Waals surface area contributed by atoms with Crippen molar-refractivity contribution in [3.63, 3.8) is 0 Å². The highest BCUT2D eigenvalue weighted by Crippen LogP contribution is 2.39. The zero-order valence-electron chi connectivity index (χ0n) is 19.9. The summed E-state index contributed by atoms with van der Waals surface area (Å²) in [6.07, 6.45) is 1.39. The Kier molecular flexibility index (Phi) is 7.78. The summed E-state index contributed by atoms with van der Waals surface area (Å²) in [5.74, 6) is 0.975. The summed E-state index contributed by atoms with van der Waals surface area (Å²) in [4.78, 5) is 22.9. The minimum absolute atomic E-state index is 0.0417. The van der Waals surface area contributed by atoms with Crippen molar-refractivity contribution in [2.75, 3.05) is 38.7 Å². The number of carbonyl (C=O) groups is 1. The number of carbonyl (C=O) groups excluding carboxylic acids is 1. The molecule has 35 heavy (non-hydrogen) atoms. The topological polar surface area (TPSA) is 119 Å². The highest BCUT2D eigenvalue weighted by molar-refractivity contribution is 6.33. The lowest BCUT2D eigenvalue weighted by molar-refractivity contribution is -0.0185. The Morgan fingerprint density at radius 2 is 2.11 bits per heavy atom. The van der Waals surface area contributed by atoms with Crippen molar-refractivity contribution in [2.45, 2.75) is 32.5 Å². The minimum Gasteiger partial charge on any atom is -0.489 e. The molecule has 1 aromatic carbocycles. The highest BCUT2D eigenvalue weighted by Gasteiger charge is 2.43. The molecule has 2 fully saturated rings. The molecular formula is C24H28ClN5O5. The summed E-state index contributed by atoms with van der Waals surface area (Å²) in [6, 6.07) is 6.97. The van der Waals surface area contributed by atoms with Gasteiger partial charge < -0.3 is 29.2 Å². The van der Waals surface area contributed by atoms with Crippen LogP contribution in [0.3, 0.4) is 0 Å². The lowest BCUT2D eigenvalue weighted by Gasteiger charge is -2.41. The molecule has 2 aliphatic heterocycles. The van der Waals surface area contributed by atoms with E-state index < -0.39 is 0 Å². The number of halogens is 1. The minimum atomic E-state index is -0.319. The van der Waals surface area contributed by atoms with Gasteiger partial charge in [0, 0.05) is 31.5 Å². The predicted octanol–water partition coefficient (Wildman–Crippen LogP) is 4.01. The molecule has 2 aromatic rings. The van der Waals surface area contributed by atoms with Crippen molar-refractivity contribution in [3.05, 3.63) is 35.1 Å². The van der Waals surface area contributed by atoms with Crippen LogP contribution in [0, 0.1) is 23.2 Å². The van der Waals surface area contributed by atoms with E-state index in [0.717, 1.165) is 6.42 Å². The van der Waals surface area contributed by atoms with Crippen LogP contribution in [-0.2, 0) is 9.47 Å². The Labute approximate surface area is 209 Å². The monoisotopic (exact) mass is 501 g/mol. The molecule has 4 rings (SSSR count). The van der Waals surface area contributed by atoms with Crippen LogP contribution in [0.25, 0.3) is 0 Å². The van der Waals surface area contributed by atoms with Gasteiger partial charge in [-0.1, -0.05) is 11.6 Å². The summed E-state index contributed by atoms with van der Waals surface area (Å²) >= 11 is 6.32. The van der Waals surface area contributed by atoms with E-state index in [0.29, 0.717) is 54.1 Å². The van der Waals surface area contributed by atoms with Crippen molar-refractivity contribution in [2.24, 2.45) is 11.8 Å². The van der Waals surface area contributed by atoms with Gasteiger partial charge in [-0.25, -0.2) is 9.78 Å². The van der Waals surface area contributed by atoms with E-state index in [1.807, 2.05) is 13.8 Å². The van der Waals surface area contributed by atoms with Gasteiger partial charge in [0.15, 0.2) is 5.82 Å². The normalized spacial score (nSPS) is 21.6. The maximum absolute atomic E-state index is 12.5. The number of hydrogen-bond acceptors (Lipinski definition) is 9. The van der Waals surface area contributed by atoms with Crippen molar-refractivity contribution >= 4 is 29.2 Å². The van der Waals surface area contributed by atoms with Crippen LogP contribution < -0.4 is 14.8 Å². The number of likely N-dealkylation sites (tertiary alicyclic amines) is 1. The fourth-order valence-corrected chi connectivity index (χ4v) is 4.61. The van der Waals surface area contributed by atoms with Gasteiger partial charge in [0.05, 0.1) is 42.2 Å². The largest absolute Gasteiger partial charge is 0.489 e. The van der Waals surface area contributed by atoms with Crippen LogP contribution in [0.2, 0.25) is 5.02 Å². The Hall–Kier alpha value is -3.29. The zero-order valence-corrected chi connectivity index (χ0v) is 20.6. The first kappa shape index (κ1) is 24.8. The molecule has 0 radical (unpaired) electrons. The lowest BCUT2D eigenvalue weighted by atomic mass is 9.85. The summed E-state index contributed by atoms with van der Waals surface area (Å²) in [5.41, 5.74) is 1.01. The number of hydrogen-bond donors (Lipinski definition) is 1. The molecule has 0 spiro atoms. The van der Waals surface area contributed by atoms with E-state index in [9.17, 15) is 4.79 Å². The molecule has 186 valence electrons. The number of nitrogens with zero attached hydrogens (tertiary/aromatic N) is 4. The Morgan fingerprint density at radius 1 is 1.31 bits per heavy atom. The number of nitrogens with one attached hydrogen (secondary N) is 1. The van der Waals surface area contributed by atoms with Crippen molar-refractivity contribution in [3.8, 4) is 17.7 Å². The first-order chi connectivity index (χ1) is 16.9. The fourth-order valence-electron chi connectivity index (χ4n) is 4.38. The molecule has 1 N–H and O–H groups in total. The maximum Gasteiger partial charge on any atom is 0.410 e. The summed E-state index contributed by atoms with van der Waals surface area (Å²) in [5, 5.41) is 12.6. The first-order valence-corrected chi connectivity index (χ1v) is 11.8. The zero-order chi connectivity index (χ0) is 24.9. The fraction of sp³-hybridized carbons (Fsp3) is 0.500. The van der Waals surface area contributed by atoms with Gasteiger partial charge in [0.2, 0.25) is 5.75 Å². The van der Waals surface area contributed by atoms with Crippen molar-refractivity contribution in [1.82, 2.24) is 14.9 Å². The van der Waals surface area contributed by atoms with Crippen LogP contribution >= 0.6 is 11.6 Å². The van der Waals surface area contributed by atoms with Crippen LogP contribution in [-0.4, -0.2) is 66.6 Å². The molecule has 3 atom stereocenters. The number of fused-ring (bicyclic) bond motifs is 2. The van der Waals surface area contributed by atoms with E-state index >= 15 is 0 Å². The highest BCUT2D eigenvalue weighted by atomic mass is 35.5. The number of benzene rings is 1. The molecular weight excluding hydrogens is 474 g/mol. The molecule has 3 heterocycles. The number of anilines is 2. The Balaban J connectivity index is 1.56. The second-order valence-electron chi connectivity index (χ2n) is 8.80. The molecule has 3 unspecified atom stereocenters. The Morgan fingerprint density at radius 3 is 2.83 bits per heavy atom. The smallest absolute Gasteiger partial charge is 0.410 e. The van der Waals surface area contributed by atoms with E-state index in [4.69, 9.17) is 35.8 Å². The number of nitriles is 1. The third-order valence-corrected chi connectivity index (χ3v) is 6.29. The van der Waals surface area contributed by atoms with E-state index in [1.165, 1.54) is 13.4 Å². The third-order valence-electron chi connectivity index (χ3n) is 5.97. The van der Waals surface area contributed by atoms with Gasteiger partial charge in [-0.3, -0.25) is 0 Å². The molecule has 11 heteroatoms. The molecule has 2 saturated heterocycles. The molecule has 10 nitrogen and oxygen atoms in total. The number of rotatable bonds is 6. The summed E-state index contributed by atoms with van der Waals surface area (Å²) in [6.45, 7) is 5.70. The van der Waals surface area contributed by atoms with Crippen LogP contribution in [0.4, 0.5) is 16.3 Å². The average molecular weight is 502 g/mol. The molecule has 0 aliphatic carbocycles. The van der Waals surface area contributed by atoms with Gasteiger partial charge in [-0.05, 0) is 38.5 Å². The predicted molar refractivity (Wildman–Crippen MR) is 128 cm³/mol. The average Bonchev–Trinajstić information content (AvgIpc) is 2.94. The van der Waals surface area contributed by atoms with Crippen molar-refractivity contribution in [1.29, 1.82) is 5.26 Å². The van der Waals surface area contributed by atoms with Gasteiger partial charge in [0.1, 0.15) is 12.4 Å². The van der Waals surface area contributed by atoms with Gasteiger partial charge in [0.25, 0.3) is 5.88 Å². The number of aromatic nitrogens is 2. The molecule has 2 bridgehead atoms. The molecule has 0 saturated carbocycles. The van der Waals surface area contributed by atoms with E-state index in [-0.39, 0.29) is 36.0 Å². The van der Waals surface area contributed by atoms with Crippen LogP contribution in [0.15, 0.2) is 24.5 Å². The van der Waals surface area contributed by atoms with E-state index in [2.05, 4.69) is 21.4 Å². The number of piperidine rings is 1. The second kappa shape index (κ2) is 11.0. The van der Waals surface area contributed by atoms with Crippen LogP contribution in [0.5, 0.6) is 11.6 Å². The number of methoxy groups -OCH3 is 1. The van der Waals surface area contributed by atoms with Crippen LogP contribution in [0.1, 0.15) is 25.8 Å².